The molecule has 5 nitrogen and oxygen atoms in total. The number of carbonyl (C=O) groups excluding carboxylic acids is 1. The second kappa shape index (κ2) is 7.03. The zero-order valence-corrected chi connectivity index (χ0v) is 14.5. The first-order valence-electron chi connectivity index (χ1n) is 7.85. The van der Waals surface area contributed by atoms with Crippen molar-refractivity contribution in [1.82, 2.24) is 4.98 Å². The Morgan fingerprint density at radius 1 is 1.00 bits per heavy atom. The summed E-state index contributed by atoms with van der Waals surface area (Å²) in [7, 11) is -3.61. The third kappa shape index (κ3) is 3.69. The van der Waals surface area contributed by atoms with Crippen molar-refractivity contribution in [2.75, 3.05) is 6.61 Å². The molecule has 0 aliphatic carbocycles. The Labute approximate surface area is 146 Å². The summed E-state index contributed by atoms with van der Waals surface area (Å²) >= 11 is 0. The van der Waals surface area contributed by atoms with E-state index in [4.69, 9.17) is 4.74 Å². The Morgan fingerprint density at radius 3 is 2.52 bits per heavy atom. The van der Waals surface area contributed by atoms with Crippen molar-refractivity contribution in [2.24, 2.45) is 0 Å². The molecule has 0 bridgehead atoms. The van der Waals surface area contributed by atoms with Gasteiger partial charge in [0, 0.05) is 5.39 Å². The first-order chi connectivity index (χ1) is 12.0. The van der Waals surface area contributed by atoms with Crippen LogP contribution in [0.15, 0.2) is 65.6 Å². The Kier molecular flexibility index (Phi) is 4.81. The van der Waals surface area contributed by atoms with E-state index in [0.717, 1.165) is 5.39 Å². The molecule has 6 heteroatoms. The van der Waals surface area contributed by atoms with Gasteiger partial charge in [0.1, 0.15) is 5.69 Å². The summed E-state index contributed by atoms with van der Waals surface area (Å²) in [6, 6.07) is 17.2. The van der Waals surface area contributed by atoms with Gasteiger partial charge in [-0.25, -0.2) is 18.2 Å². The summed E-state index contributed by atoms with van der Waals surface area (Å²) in [6.07, 6.45) is 0. The number of pyridine rings is 1. The molecule has 3 aromatic rings. The lowest BCUT2D eigenvalue weighted by molar-refractivity contribution is 0.0519. The minimum absolute atomic E-state index is 0.104. The Balaban J connectivity index is 1.97. The predicted molar refractivity (Wildman–Crippen MR) is 95.0 cm³/mol. The predicted octanol–water partition coefficient (Wildman–Crippen LogP) is 3.39. The molecule has 0 saturated heterocycles. The second-order valence-electron chi connectivity index (χ2n) is 5.47. The molecule has 25 heavy (non-hydrogen) atoms. The summed E-state index contributed by atoms with van der Waals surface area (Å²) in [6.45, 7) is 1.94. The summed E-state index contributed by atoms with van der Waals surface area (Å²) in [4.78, 5) is 16.2. The molecule has 2 aromatic carbocycles. The van der Waals surface area contributed by atoms with Crippen LogP contribution in [0.25, 0.3) is 10.8 Å². The van der Waals surface area contributed by atoms with Gasteiger partial charge in [-0.05, 0) is 30.5 Å². The van der Waals surface area contributed by atoms with Crippen molar-refractivity contribution in [3.05, 3.63) is 72.1 Å². The number of nitrogens with zero attached hydrogens (tertiary/aromatic N) is 1. The molecule has 0 N–H and O–H groups in total. The number of benzene rings is 2. The lowest BCUT2D eigenvalue weighted by Crippen LogP contribution is -2.11. The molecule has 0 fully saturated rings. The highest BCUT2D eigenvalue weighted by Crippen LogP contribution is 2.25. The van der Waals surface area contributed by atoms with Crippen molar-refractivity contribution in [2.45, 2.75) is 17.6 Å². The van der Waals surface area contributed by atoms with Gasteiger partial charge in [-0.15, -0.1) is 0 Å². The monoisotopic (exact) mass is 355 g/mol. The number of carbonyl (C=O) groups is 1. The molecule has 0 atom stereocenters. The number of fused-ring (bicyclic) bond motifs is 1. The molecule has 128 valence electrons. The maximum atomic E-state index is 12.9. The fourth-order valence-corrected chi connectivity index (χ4v) is 4.13. The van der Waals surface area contributed by atoms with Gasteiger partial charge in [0.2, 0.25) is 0 Å². The molecule has 1 aromatic heterocycles. The maximum Gasteiger partial charge on any atom is 0.356 e. The Morgan fingerprint density at radius 2 is 1.72 bits per heavy atom. The summed E-state index contributed by atoms with van der Waals surface area (Å²) in [5.41, 5.74) is 0.408. The second-order valence-corrected chi connectivity index (χ2v) is 7.43. The van der Waals surface area contributed by atoms with Crippen molar-refractivity contribution >= 4 is 26.6 Å². The van der Waals surface area contributed by atoms with E-state index in [9.17, 15) is 13.2 Å². The molecular weight excluding hydrogens is 338 g/mol. The Bertz CT molecular complexity index is 1020. The molecule has 0 unspecified atom stereocenters. The van der Waals surface area contributed by atoms with Gasteiger partial charge < -0.3 is 4.74 Å². The van der Waals surface area contributed by atoms with Gasteiger partial charge in [-0.2, -0.15) is 0 Å². The van der Waals surface area contributed by atoms with E-state index in [-0.39, 0.29) is 22.9 Å². The van der Waals surface area contributed by atoms with Crippen LogP contribution in [0.1, 0.15) is 23.1 Å². The third-order valence-corrected chi connectivity index (χ3v) is 5.42. The van der Waals surface area contributed by atoms with Gasteiger partial charge in [0.25, 0.3) is 0 Å². The maximum absolute atomic E-state index is 12.9. The molecular formula is C19H17NO4S. The van der Waals surface area contributed by atoms with Crippen LogP contribution in [0, 0.1) is 0 Å². The SMILES string of the molecule is CCOC(=O)c1cccc(CS(=O)(=O)c2cccc3ccccc23)n1. The average Bonchev–Trinajstić information content (AvgIpc) is 2.61. The third-order valence-electron chi connectivity index (χ3n) is 3.71. The van der Waals surface area contributed by atoms with Crippen molar-refractivity contribution in [3.8, 4) is 0 Å². The van der Waals surface area contributed by atoms with Crippen LogP contribution >= 0.6 is 0 Å². The standard InChI is InChI=1S/C19H17NO4S/c1-2-24-19(21)17-11-6-9-15(20-17)13-25(22,23)18-12-5-8-14-7-3-4-10-16(14)18/h3-12H,2,13H2,1H3. The highest BCUT2D eigenvalue weighted by atomic mass is 32.2. The van der Waals surface area contributed by atoms with Gasteiger partial charge in [-0.1, -0.05) is 42.5 Å². The minimum Gasteiger partial charge on any atom is -0.461 e. The molecule has 0 aliphatic rings. The fraction of sp³-hybridized carbons (Fsp3) is 0.158. The summed E-state index contributed by atoms with van der Waals surface area (Å²) in [5.74, 6) is -0.847. The summed E-state index contributed by atoms with van der Waals surface area (Å²) in [5, 5.41) is 1.53. The molecule has 0 aliphatic heterocycles. The largest absolute Gasteiger partial charge is 0.461 e. The molecule has 3 rings (SSSR count). The van der Waals surface area contributed by atoms with Crippen LogP contribution in [0.4, 0.5) is 0 Å². The normalized spacial score (nSPS) is 11.4. The Hall–Kier alpha value is -2.73. The quantitative estimate of drug-likeness (QED) is 0.656. The molecule has 0 radical (unpaired) electrons. The highest BCUT2D eigenvalue weighted by molar-refractivity contribution is 7.90. The van der Waals surface area contributed by atoms with E-state index >= 15 is 0 Å². The van der Waals surface area contributed by atoms with Crippen LogP contribution in [0.5, 0.6) is 0 Å². The first-order valence-corrected chi connectivity index (χ1v) is 9.50. The number of hydrogen-bond donors (Lipinski definition) is 0. The van der Waals surface area contributed by atoms with E-state index in [2.05, 4.69) is 4.98 Å². The molecule has 0 spiro atoms. The number of esters is 1. The van der Waals surface area contributed by atoms with Crippen LogP contribution in [0.2, 0.25) is 0 Å². The number of sulfone groups is 1. The zero-order chi connectivity index (χ0) is 17.9. The lowest BCUT2D eigenvalue weighted by Gasteiger charge is -2.09. The first kappa shape index (κ1) is 17.1. The van der Waals surface area contributed by atoms with Crippen molar-refractivity contribution in [1.29, 1.82) is 0 Å². The molecule has 0 saturated carbocycles. The lowest BCUT2D eigenvalue weighted by atomic mass is 10.1. The molecule has 0 amide bonds. The van der Waals surface area contributed by atoms with Crippen molar-refractivity contribution < 1.29 is 17.9 Å². The number of ether oxygens (including phenoxy) is 1. The van der Waals surface area contributed by atoms with Crippen LogP contribution in [-0.2, 0) is 20.3 Å². The topological polar surface area (TPSA) is 73.3 Å². The van der Waals surface area contributed by atoms with E-state index in [1.807, 2.05) is 18.2 Å². The average molecular weight is 355 g/mol. The van der Waals surface area contributed by atoms with Crippen LogP contribution in [-0.4, -0.2) is 26.0 Å². The summed E-state index contributed by atoms with van der Waals surface area (Å²) < 4.78 is 30.6. The van der Waals surface area contributed by atoms with Gasteiger partial charge in [0.05, 0.1) is 22.9 Å². The van der Waals surface area contributed by atoms with E-state index in [1.54, 1.807) is 43.3 Å². The number of rotatable bonds is 5. The smallest absolute Gasteiger partial charge is 0.356 e. The van der Waals surface area contributed by atoms with E-state index in [0.29, 0.717) is 11.1 Å². The van der Waals surface area contributed by atoms with Gasteiger partial charge >= 0.3 is 5.97 Å². The van der Waals surface area contributed by atoms with E-state index < -0.39 is 15.8 Å². The van der Waals surface area contributed by atoms with Gasteiger partial charge in [-0.3, -0.25) is 0 Å². The van der Waals surface area contributed by atoms with Gasteiger partial charge in [0.15, 0.2) is 9.84 Å². The van der Waals surface area contributed by atoms with Crippen molar-refractivity contribution in [3.63, 3.8) is 0 Å². The molecule has 1 heterocycles. The van der Waals surface area contributed by atoms with Crippen LogP contribution in [0.3, 0.4) is 0 Å². The van der Waals surface area contributed by atoms with E-state index in [1.165, 1.54) is 6.07 Å². The number of hydrogen-bond acceptors (Lipinski definition) is 5. The minimum atomic E-state index is -3.61. The highest BCUT2D eigenvalue weighted by Gasteiger charge is 2.20. The van der Waals surface area contributed by atoms with Crippen LogP contribution < -0.4 is 0 Å². The fourth-order valence-electron chi connectivity index (χ4n) is 2.62. The zero-order valence-electron chi connectivity index (χ0n) is 13.7. The number of aromatic nitrogens is 1.